The van der Waals surface area contributed by atoms with E-state index in [4.69, 9.17) is 4.42 Å². The number of nitrogens with zero attached hydrogens (tertiary/aromatic N) is 4. The van der Waals surface area contributed by atoms with E-state index >= 15 is 0 Å². The van der Waals surface area contributed by atoms with Gasteiger partial charge in [0, 0.05) is 140 Å². The number of fused-ring (bicyclic) bond motifs is 12. The number of thiophene rings is 3. The van der Waals surface area contributed by atoms with Crippen molar-refractivity contribution in [3.8, 4) is 11.1 Å². The molecular weight excluding hydrogens is 1250 g/mol. The van der Waals surface area contributed by atoms with Gasteiger partial charge in [-0.3, -0.25) is 0 Å². The molecule has 4 heterocycles. The summed E-state index contributed by atoms with van der Waals surface area (Å²) in [4.78, 5) is 9.40. The zero-order chi connectivity index (χ0) is 64.9. The second kappa shape index (κ2) is 25.3. The Morgan fingerprint density at radius 1 is 0.163 bits per heavy atom. The van der Waals surface area contributed by atoms with Crippen molar-refractivity contribution < 1.29 is 4.42 Å². The highest BCUT2D eigenvalue weighted by Crippen LogP contribution is 2.48. The maximum atomic E-state index is 6.15. The first-order valence-electron chi connectivity index (χ1n) is 32.9. The Morgan fingerprint density at radius 2 is 0.439 bits per heavy atom. The molecule has 0 amide bonds. The number of para-hydroxylation sites is 6. The zero-order valence-electron chi connectivity index (χ0n) is 53.1. The molecule has 0 aliphatic carbocycles. The van der Waals surface area contributed by atoms with Gasteiger partial charge in [0.05, 0.1) is 0 Å². The van der Waals surface area contributed by atoms with Crippen molar-refractivity contribution in [1.82, 2.24) is 0 Å². The fourth-order valence-corrected chi connectivity index (χ4v) is 17.2. The minimum atomic E-state index is 0.897. The van der Waals surface area contributed by atoms with E-state index in [-0.39, 0.29) is 0 Å². The maximum absolute atomic E-state index is 6.15. The molecule has 464 valence electrons. The quantitative estimate of drug-likeness (QED) is 0.115. The van der Waals surface area contributed by atoms with Crippen molar-refractivity contribution in [2.24, 2.45) is 0 Å². The van der Waals surface area contributed by atoms with Gasteiger partial charge in [-0.15, -0.1) is 34.0 Å². The van der Waals surface area contributed by atoms with Crippen LogP contribution in [0.25, 0.3) is 93.6 Å². The largest absolute Gasteiger partial charge is 0.456 e. The van der Waals surface area contributed by atoms with Crippen LogP contribution >= 0.6 is 34.0 Å². The first kappa shape index (κ1) is 58.5. The summed E-state index contributed by atoms with van der Waals surface area (Å²) in [6, 6.07) is 130. The van der Waals surface area contributed by atoms with Gasteiger partial charge in [-0.05, 0) is 193 Å². The van der Waals surface area contributed by atoms with Crippen LogP contribution in [0, 0.1) is 0 Å². The third-order valence-corrected chi connectivity index (χ3v) is 21.9. The van der Waals surface area contributed by atoms with Crippen molar-refractivity contribution in [3.63, 3.8) is 0 Å². The summed E-state index contributed by atoms with van der Waals surface area (Å²) in [6.07, 6.45) is 0. The summed E-state index contributed by atoms with van der Waals surface area (Å²) < 4.78 is 13.9. The molecule has 0 saturated carbocycles. The molecule has 0 fully saturated rings. The van der Waals surface area contributed by atoms with Crippen LogP contribution in [0.1, 0.15) is 0 Å². The van der Waals surface area contributed by atoms with E-state index in [1.165, 1.54) is 71.6 Å². The Morgan fingerprint density at radius 3 is 0.888 bits per heavy atom. The molecule has 0 saturated heterocycles. The van der Waals surface area contributed by atoms with Gasteiger partial charge in [0.1, 0.15) is 11.2 Å². The molecule has 0 aliphatic rings. The summed E-state index contributed by atoms with van der Waals surface area (Å²) in [5.74, 6) is 0. The topological polar surface area (TPSA) is 26.1 Å². The molecule has 4 aromatic heterocycles. The highest BCUT2D eigenvalue weighted by molar-refractivity contribution is 7.26. The predicted molar refractivity (Wildman–Crippen MR) is 423 cm³/mol. The Labute approximate surface area is 579 Å². The van der Waals surface area contributed by atoms with Gasteiger partial charge in [0.2, 0.25) is 0 Å². The first-order chi connectivity index (χ1) is 48.6. The Hall–Kier alpha value is -12.0. The normalized spacial score (nSPS) is 11.5. The molecule has 0 aliphatic heterocycles. The molecule has 15 aromatic carbocycles. The SMILES string of the molecule is c1ccc(-c2ccc(N(c3ccccc3)c3ccc4sc5cc(N(c6ccccc6)c6ccc7sc8ccccc8c7c6)ccc5c4c3)cc2)cc1.c1ccc(N(c2ccc3c(c2)sc2ccc(N(c4ccccc4)c4ccccc4)cc23)c2ccc3oc4ccccc4c3c2)cc1. The smallest absolute Gasteiger partial charge is 0.135 e. The molecule has 98 heavy (non-hydrogen) atoms. The van der Waals surface area contributed by atoms with Crippen LogP contribution in [0.3, 0.4) is 0 Å². The Kier molecular flexibility index (Phi) is 15.1. The van der Waals surface area contributed by atoms with Crippen LogP contribution in [0.4, 0.5) is 68.2 Å². The van der Waals surface area contributed by atoms with Crippen LogP contribution in [0.2, 0.25) is 0 Å². The van der Waals surface area contributed by atoms with Crippen LogP contribution in [-0.2, 0) is 0 Å². The molecular formula is C90H60N4OS3. The van der Waals surface area contributed by atoms with Crippen molar-refractivity contribution in [1.29, 1.82) is 0 Å². The summed E-state index contributed by atoms with van der Waals surface area (Å²) >= 11 is 5.56. The molecule has 5 nitrogen and oxygen atoms in total. The fraction of sp³-hybridized carbons (Fsp3) is 0. The standard InChI is InChI=1S/C48H32N2S2.C42H28N2OS/c1-4-12-33(13-5-1)34-20-22-37(23-21-34)49(35-14-6-2-7-15-35)38-25-29-47-44(30-38)42-27-24-40(32-48(42)52-47)50(36-16-8-3-9-17-36)39-26-28-46-43(31-39)41-18-10-11-19-45(41)51-46;1-4-12-29(13-5-1)43(30-14-6-2-7-15-30)33-22-25-41-38(27-33)36-23-20-34(28-42(36)46-41)44(31-16-8-3-9-17-31)32-21-24-40-37(26-32)35-18-10-11-19-39(35)45-40/h1-32H;1-28H. The lowest BCUT2D eigenvalue weighted by Gasteiger charge is -2.26. The minimum absolute atomic E-state index is 0.897. The summed E-state index contributed by atoms with van der Waals surface area (Å²) in [5, 5.41) is 9.91. The highest BCUT2D eigenvalue weighted by Gasteiger charge is 2.22. The van der Waals surface area contributed by atoms with E-state index in [0.717, 1.165) is 90.2 Å². The average molecular weight is 1310 g/mol. The number of anilines is 12. The van der Waals surface area contributed by atoms with E-state index in [9.17, 15) is 0 Å². The van der Waals surface area contributed by atoms with Crippen LogP contribution in [0.5, 0.6) is 0 Å². The Balaban J connectivity index is 0.000000143. The molecule has 0 unspecified atom stereocenters. The lowest BCUT2D eigenvalue weighted by Crippen LogP contribution is -2.09. The summed E-state index contributed by atoms with van der Waals surface area (Å²) in [7, 11) is 0. The number of benzene rings is 15. The molecule has 0 N–H and O–H groups in total. The molecule has 19 aromatic rings. The zero-order valence-corrected chi connectivity index (χ0v) is 55.5. The minimum Gasteiger partial charge on any atom is -0.456 e. The lowest BCUT2D eigenvalue weighted by molar-refractivity contribution is 0.669. The van der Waals surface area contributed by atoms with Gasteiger partial charge in [0.25, 0.3) is 0 Å². The predicted octanol–water partition coefficient (Wildman–Crippen LogP) is 27.9. The number of furan rings is 1. The van der Waals surface area contributed by atoms with Crippen molar-refractivity contribution >= 4 is 185 Å². The van der Waals surface area contributed by atoms with E-state index in [0.29, 0.717) is 0 Å². The molecule has 0 bridgehead atoms. The molecule has 8 heteroatoms. The average Bonchev–Trinajstić information content (AvgIpc) is 1.58. The second-order valence-corrected chi connectivity index (χ2v) is 27.7. The molecule has 0 radical (unpaired) electrons. The monoisotopic (exact) mass is 1310 g/mol. The lowest BCUT2D eigenvalue weighted by atomic mass is 10.0. The van der Waals surface area contributed by atoms with Crippen LogP contribution < -0.4 is 19.6 Å². The molecule has 0 spiro atoms. The maximum Gasteiger partial charge on any atom is 0.135 e. The number of hydrogen-bond donors (Lipinski definition) is 0. The third-order valence-electron chi connectivity index (χ3n) is 18.5. The van der Waals surface area contributed by atoms with E-state index in [1.807, 2.05) is 46.1 Å². The summed E-state index contributed by atoms with van der Waals surface area (Å²) in [5.41, 5.74) is 17.8. The van der Waals surface area contributed by atoms with Gasteiger partial charge < -0.3 is 24.0 Å². The Bertz CT molecular complexity index is 6030. The van der Waals surface area contributed by atoms with Crippen molar-refractivity contribution in [2.75, 3.05) is 19.6 Å². The number of hydrogen-bond acceptors (Lipinski definition) is 8. The van der Waals surface area contributed by atoms with Gasteiger partial charge in [-0.2, -0.15) is 0 Å². The molecule has 0 atom stereocenters. The second-order valence-electron chi connectivity index (χ2n) is 24.4. The van der Waals surface area contributed by atoms with Gasteiger partial charge in [-0.25, -0.2) is 0 Å². The van der Waals surface area contributed by atoms with E-state index < -0.39 is 0 Å². The number of rotatable bonds is 13. The highest BCUT2D eigenvalue weighted by atomic mass is 32.1. The van der Waals surface area contributed by atoms with Crippen molar-refractivity contribution in [2.45, 2.75) is 0 Å². The van der Waals surface area contributed by atoms with Gasteiger partial charge in [-0.1, -0.05) is 182 Å². The first-order valence-corrected chi connectivity index (χ1v) is 35.4. The fourth-order valence-electron chi connectivity index (χ4n) is 13.9. The third kappa shape index (κ3) is 10.9. The van der Waals surface area contributed by atoms with Crippen LogP contribution in [-0.4, -0.2) is 0 Å². The van der Waals surface area contributed by atoms with Gasteiger partial charge in [0.15, 0.2) is 0 Å². The van der Waals surface area contributed by atoms with Gasteiger partial charge >= 0.3 is 0 Å². The van der Waals surface area contributed by atoms with Crippen molar-refractivity contribution in [3.05, 3.63) is 364 Å². The molecule has 19 rings (SSSR count). The summed E-state index contributed by atoms with van der Waals surface area (Å²) in [6.45, 7) is 0. The van der Waals surface area contributed by atoms with E-state index in [2.05, 4.69) is 371 Å². The van der Waals surface area contributed by atoms with E-state index in [1.54, 1.807) is 0 Å². The van der Waals surface area contributed by atoms with Crippen LogP contribution in [0.15, 0.2) is 368 Å².